The van der Waals surface area contributed by atoms with Crippen molar-refractivity contribution in [1.82, 2.24) is 9.78 Å². The van der Waals surface area contributed by atoms with Crippen LogP contribution in [0, 0.1) is 0 Å². The van der Waals surface area contributed by atoms with Crippen molar-refractivity contribution in [3.05, 3.63) is 52.3 Å². The van der Waals surface area contributed by atoms with E-state index in [1.807, 2.05) is 41.2 Å². The SMILES string of the molecule is CC(C)n1ccc(CC(O)c2ccccc2Br)n1. The van der Waals surface area contributed by atoms with Crippen molar-refractivity contribution in [2.75, 3.05) is 0 Å². The molecule has 0 aliphatic carbocycles. The molecule has 4 heteroatoms. The molecule has 1 heterocycles. The first-order valence-corrected chi connectivity index (χ1v) is 6.83. The zero-order chi connectivity index (χ0) is 13.1. The van der Waals surface area contributed by atoms with Gasteiger partial charge in [-0.3, -0.25) is 4.68 Å². The molecule has 1 aromatic carbocycles. The molecule has 0 radical (unpaired) electrons. The highest BCUT2D eigenvalue weighted by molar-refractivity contribution is 9.10. The van der Waals surface area contributed by atoms with Gasteiger partial charge in [0.15, 0.2) is 0 Å². The van der Waals surface area contributed by atoms with Gasteiger partial charge in [0.25, 0.3) is 0 Å². The van der Waals surface area contributed by atoms with Crippen LogP contribution in [0.3, 0.4) is 0 Å². The fraction of sp³-hybridized carbons (Fsp3) is 0.357. The molecule has 0 saturated heterocycles. The second-order valence-electron chi connectivity index (χ2n) is 4.62. The van der Waals surface area contributed by atoms with E-state index in [9.17, 15) is 5.11 Å². The number of hydrogen-bond acceptors (Lipinski definition) is 2. The van der Waals surface area contributed by atoms with E-state index < -0.39 is 6.10 Å². The number of aromatic nitrogens is 2. The Morgan fingerprint density at radius 2 is 2.00 bits per heavy atom. The van der Waals surface area contributed by atoms with Gasteiger partial charge in [-0.25, -0.2) is 0 Å². The highest BCUT2D eigenvalue weighted by Crippen LogP contribution is 2.25. The molecule has 18 heavy (non-hydrogen) atoms. The average Bonchev–Trinajstić information content (AvgIpc) is 2.78. The summed E-state index contributed by atoms with van der Waals surface area (Å²) >= 11 is 3.45. The summed E-state index contributed by atoms with van der Waals surface area (Å²) in [4.78, 5) is 0. The predicted octanol–water partition coefficient (Wildman–Crippen LogP) is 3.50. The summed E-state index contributed by atoms with van der Waals surface area (Å²) in [5.74, 6) is 0. The second-order valence-corrected chi connectivity index (χ2v) is 5.48. The molecular formula is C14H17BrN2O. The van der Waals surface area contributed by atoms with Crippen LogP contribution in [0.2, 0.25) is 0 Å². The van der Waals surface area contributed by atoms with Gasteiger partial charge in [-0.1, -0.05) is 34.1 Å². The Balaban J connectivity index is 2.11. The van der Waals surface area contributed by atoms with Gasteiger partial charge < -0.3 is 5.11 Å². The van der Waals surface area contributed by atoms with Gasteiger partial charge >= 0.3 is 0 Å². The van der Waals surface area contributed by atoms with Crippen molar-refractivity contribution in [3.63, 3.8) is 0 Å². The third-order valence-corrected chi connectivity index (χ3v) is 3.58. The van der Waals surface area contributed by atoms with Crippen molar-refractivity contribution >= 4 is 15.9 Å². The van der Waals surface area contributed by atoms with Gasteiger partial charge in [0.05, 0.1) is 11.8 Å². The standard InChI is InChI=1S/C14H17BrN2O/c1-10(2)17-8-7-11(16-17)9-14(18)12-5-3-4-6-13(12)15/h3-8,10,14,18H,9H2,1-2H3. The lowest BCUT2D eigenvalue weighted by atomic mass is 10.1. The number of aliphatic hydroxyl groups is 1. The van der Waals surface area contributed by atoms with Crippen LogP contribution in [0.25, 0.3) is 0 Å². The Morgan fingerprint density at radius 3 is 2.61 bits per heavy atom. The molecule has 1 aromatic heterocycles. The third-order valence-electron chi connectivity index (χ3n) is 2.86. The molecule has 0 aliphatic heterocycles. The lowest BCUT2D eigenvalue weighted by Crippen LogP contribution is -2.06. The molecule has 0 bridgehead atoms. The quantitative estimate of drug-likeness (QED) is 0.938. The lowest BCUT2D eigenvalue weighted by molar-refractivity contribution is 0.176. The minimum absolute atomic E-state index is 0.347. The minimum Gasteiger partial charge on any atom is -0.388 e. The average molecular weight is 309 g/mol. The van der Waals surface area contributed by atoms with E-state index in [4.69, 9.17) is 0 Å². The van der Waals surface area contributed by atoms with Crippen LogP contribution in [0.4, 0.5) is 0 Å². The zero-order valence-corrected chi connectivity index (χ0v) is 12.1. The minimum atomic E-state index is -0.531. The van der Waals surface area contributed by atoms with E-state index in [0.29, 0.717) is 12.5 Å². The molecule has 1 unspecified atom stereocenters. The maximum Gasteiger partial charge on any atom is 0.0857 e. The summed E-state index contributed by atoms with van der Waals surface area (Å²) in [5, 5.41) is 14.7. The molecule has 1 atom stereocenters. The number of nitrogens with zero attached hydrogens (tertiary/aromatic N) is 2. The van der Waals surface area contributed by atoms with Crippen LogP contribution in [-0.2, 0) is 6.42 Å². The maximum atomic E-state index is 10.2. The van der Waals surface area contributed by atoms with Crippen LogP contribution in [-0.4, -0.2) is 14.9 Å². The van der Waals surface area contributed by atoms with E-state index in [1.54, 1.807) is 0 Å². The molecule has 2 rings (SSSR count). The second kappa shape index (κ2) is 5.67. The Hall–Kier alpha value is -1.13. The van der Waals surface area contributed by atoms with Crippen molar-refractivity contribution in [2.45, 2.75) is 32.4 Å². The molecule has 0 aliphatic rings. The van der Waals surface area contributed by atoms with Crippen LogP contribution in [0.15, 0.2) is 41.0 Å². The number of halogens is 1. The molecule has 1 N–H and O–H groups in total. The van der Waals surface area contributed by atoms with Crippen molar-refractivity contribution in [2.24, 2.45) is 0 Å². The summed E-state index contributed by atoms with van der Waals surface area (Å²) in [6.45, 7) is 4.17. The fourth-order valence-electron chi connectivity index (χ4n) is 1.83. The van der Waals surface area contributed by atoms with Crippen molar-refractivity contribution < 1.29 is 5.11 Å². The Morgan fingerprint density at radius 1 is 1.28 bits per heavy atom. The molecule has 0 spiro atoms. The highest BCUT2D eigenvalue weighted by atomic mass is 79.9. The van der Waals surface area contributed by atoms with Gasteiger partial charge in [-0.05, 0) is 31.5 Å². The summed E-state index contributed by atoms with van der Waals surface area (Å²) in [6, 6.07) is 10.0. The Kier molecular flexibility index (Phi) is 4.19. The van der Waals surface area contributed by atoms with Crippen LogP contribution in [0.5, 0.6) is 0 Å². The smallest absolute Gasteiger partial charge is 0.0857 e. The van der Waals surface area contributed by atoms with Crippen LogP contribution in [0.1, 0.15) is 37.3 Å². The number of hydrogen-bond donors (Lipinski definition) is 1. The van der Waals surface area contributed by atoms with Gasteiger partial charge in [-0.15, -0.1) is 0 Å². The molecule has 0 amide bonds. The summed E-state index contributed by atoms with van der Waals surface area (Å²) < 4.78 is 2.84. The van der Waals surface area contributed by atoms with Gasteiger partial charge in [-0.2, -0.15) is 5.10 Å². The molecule has 96 valence electrons. The molecular weight excluding hydrogens is 292 g/mol. The number of aliphatic hydroxyl groups excluding tert-OH is 1. The Bertz CT molecular complexity index is 522. The summed E-state index contributed by atoms with van der Waals surface area (Å²) in [7, 11) is 0. The zero-order valence-electron chi connectivity index (χ0n) is 10.5. The molecule has 0 saturated carbocycles. The normalized spacial score (nSPS) is 12.9. The molecule has 0 fully saturated rings. The fourth-order valence-corrected chi connectivity index (χ4v) is 2.38. The van der Waals surface area contributed by atoms with E-state index in [1.165, 1.54) is 0 Å². The third kappa shape index (κ3) is 3.00. The predicted molar refractivity (Wildman–Crippen MR) is 75.4 cm³/mol. The van der Waals surface area contributed by atoms with Gasteiger partial charge in [0.1, 0.15) is 0 Å². The van der Waals surface area contributed by atoms with Gasteiger partial charge in [0.2, 0.25) is 0 Å². The largest absolute Gasteiger partial charge is 0.388 e. The summed E-state index contributed by atoms with van der Waals surface area (Å²) in [6.07, 6.45) is 1.95. The van der Waals surface area contributed by atoms with Crippen molar-refractivity contribution in [3.8, 4) is 0 Å². The van der Waals surface area contributed by atoms with E-state index >= 15 is 0 Å². The van der Waals surface area contributed by atoms with Gasteiger partial charge in [0, 0.05) is 23.1 Å². The first kappa shape index (κ1) is 13.3. The first-order chi connectivity index (χ1) is 8.58. The summed E-state index contributed by atoms with van der Waals surface area (Å²) in [5.41, 5.74) is 1.81. The molecule has 2 aromatic rings. The van der Waals surface area contributed by atoms with Crippen LogP contribution < -0.4 is 0 Å². The topological polar surface area (TPSA) is 38.0 Å². The number of rotatable bonds is 4. The van der Waals surface area contributed by atoms with E-state index in [0.717, 1.165) is 15.7 Å². The first-order valence-electron chi connectivity index (χ1n) is 6.04. The molecule has 3 nitrogen and oxygen atoms in total. The lowest BCUT2D eigenvalue weighted by Gasteiger charge is -2.11. The number of benzene rings is 1. The monoisotopic (exact) mass is 308 g/mol. The maximum absolute atomic E-state index is 10.2. The Labute approximate surface area is 116 Å². The van der Waals surface area contributed by atoms with Crippen LogP contribution >= 0.6 is 15.9 Å². The van der Waals surface area contributed by atoms with E-state index in [2.05, 4.69) is 34.9 Å². The highest BCUT2D eigenvalue weighted by Gasteiger charge is 2.13. The van der Waals surface area contributed by atoms with E-state index in [-0.39, 0.29) is 0 Å². The van der Waals surface area contributed by atoms with Crippen molar-refractivity contribution in [1.29, 1.82) is 0 Å².